The van der Waals surface area contributed by atoms with Gasteiger partial charge in [0.05, 0.1) is 13.2 Å². The number of rotatable bonds is 2. The van der Waals surface area contributed by atoms with Gasteiger partial charge in [-0.05, 0) is 58.3 Å². The molecule has 0 N–H and O–H groups in total. The summed E-state index contributed by atoms with van der Waals surface area (Å²) in [7, 11) is -2.52. The zero-order valence-corrected chi connectivity index (χ0v) is 15.9. The van der Waals surface area contributed by atoms with Crippen LogP contribution in [0.3, 0.4) is 0 Å². The van der Waals surface area contributed by atoms with Crippen molar-refractivity contribution in [3.63, 3.8) is 0 Å². The van der Waals surface area contributed by atoms with Crippen LogP contribution in [0.5, 0.6) is 0 Å². The van der Waals surface area contributed by atoms with Crippen molar-refractivity contribution in [1.29, 1.82) is 0 Å². The molecule has 2 heterocycles. The lowest BCUT2D eigenvalue weighted by atomic mass is 9.96. The maximum atomic E-state index is 6.77. The minimum Gasteiger partial charge on any atom is -0.414 e. The summed E-state index contributed by atoms with van der Waals surface area (Å²) in [5, 5.41) is 0. The Balaban J connectivity index is 1.96. The lowest BCUT2D eigenvalue weighted by molar-refractivity contribution is 0.0202. The van der Waals surface area contributed by atoms with Crippen LogP contribution in [-0.4, -0.2) is 45.6 Å². The molecule has 0 aromatic heterocycles. The Kier molecular flexibility index (Phi) is 4.37. The second kappa shape index (κ2) is 5.28. The average Bonchev–Trinajstić information content (AvgIpc) is 2.28. The molecule has 0 aliphatic carbocycles. The maximum absolute atomic E-state index is 6.77. The predicted molar refractivity (Wildman–Crippen MR) is 88.7 cm³/mol. The molecular formula is C15H33NOSi2. The van der Waals surface area contributed by atoms with Crippen molar-refractivity contribution < 1.29 is 4.43 Å². The maximum Gasteiger partial charge on any atom is 0.174 e. The normalized spacial score (nSPS) is 36.3. The van der Waals surface area contributed by atoms with Crippen molar-refractivity contribution >= 4 is 15.4 Å². The van der Waals surface area contributed by atoms with Gasteiger partial charge in [0.15, 0.2) is 7.83 Å². The van der Waals surface area contributed by atoms with E-state index in [1.807, 2.05) is 0 Å². The Bertz CT molecular complexity index is 324. The van der Waals surface area contributed by atoms with E-state index in [-0.39, 0.29) is 5.60 Å². The molecule has 0 saturated carbocycles. The van der Waals surface area contributed by atoms with Crippen molar-refractivity contribution in [3.05, 3.63) is 0 Å². The highest BCUT2D eigenvalue weighted by Crippen LogP contribution is 2.39. The second-order valence-electron chi connectivity index (χ2n) is 8.40. The molecule has 112 valence electrons. The van der Waals surface area contributed by atoms with E-state index in [1.54, 1.807) is 0 Å². The topological polar surface area (TPSA) is 12.5 Å². The quantitative estimate of drug-likeness (QED) is 0.717. The van der Waals surface area contributed by atoms with Crippen LogP contribution < -0.4 is 0 Å². The Morgan fingerprint density at radius 3 is 2.26 bits per heavy atom. The molecule has 1 atom stereocenters. The molecule has 0 amide bonds. The van der Waals surface area contributed by atoms with E-state index in [4.69, 9.17) is 4.43 Å². The highest BCUT2D eigenvalue weighted by molar-refractivity contribution is 7.38. The molecule has 2 fully saturated rings. The lowest BCUT2D eigenvalue weighted by Crippen LogP contribution is -2.66. The minimum absolute atomic E-state index is 0.138. The van der Waals surface area contributed by atoms with Gasteiger partial charge in [-0.25, -0.2) is 0 Å². The molecule has 2 rings (SSSR count). The summed E-state index contributed by atoms with van der Waals surface area (Å²) in [6, 6.07) is 1.47. The summed E-state index contributed by atoms with van der Waals surface area (Å²) < 4.78 is 6.77. The van der Waals surface area contributed by atoms with E-state index in [1.165, 1.54) is 44.9 Å². The molecule has 2 aliphatic rings. The van der Waals surface area contributed by atoms with E-state index in [0.717, 1.165) is 5.92 Å². The molecular weight excluding hydrogens is 266 g/mol. The van der Waals surface area contributed by atoms with Crippen LogP contribution in [0, 0.1) is 5.92 Å². The fourth-order valence-electron chi connectivity index (χ4n) is 3.49. The first-order valence-electron chi connectivity index (χ1n) is 8.06. The molecule has 0 radical (unpaired) electrons. The van der Waals surface area contributed by atoms with Gasteiger partial charge < -0.3 is 9.33 Å². The summed E-state index contributed by atoms with van der Waals surface area (Å²) in [6.07, 6.45) is 4.03. The highest BCUT2D eigenvalue weighted by Gasteiger charge is 2.51. The van der Waals surface area contributed by atoms with E-state index in [2.05, 4.69) is 44.9 Å². The lowest BCUT2D eigenvalue weighted by Gasteiger charge is -2.52. The van der Waals surface area contributed by atoms with Crippen LogP contribution in [0.15, 0.2) is 0 Å². The Labute approximate surface area is 121 Å². The third-order valence-electron chi connectivity index (χ3n) is 5.84. The van der Waals surface area contributed by atoms with Gasteiger partial charge in [0, 0.05) is 6.54 Å². The van der Waals surface area contributed by atoms with Gasteiger partial charge >= 0.3 is 0 Å². The molecule has 2 nitrogen and oxygen atoms in total. The zero-order chi connectivity index (χ0) is 14.3. The molecule has 1 unspecified atom stereocenters. The molecule has 0 bridgehead atoms. The van der Waals surface area contributed by atoms with E-state index in [9.17, 15) is 0 Å². The Morgan fingerprint density at radius 1 is 1.16 bits per heavy atom. The Morgan fingerprint density at radius 2 is 1.74 bits per heavy atom. The fourth-order valence-corrected chi connectivity index (χ4v) is 10.7. The predicted octanol–water partition coefficient (Wildman–Crippen LogP) is 3.89. The van der Waals surface area contributed by atoms with E-state index in [0.29, 0.717) is 0 Å². The second-order valence-corrected chi connectivity index (χ2v) is 23.6. The summed E-state index contributed by atoms with van der Waals surface area (Å²) in [6.45, 7) is 18.5. The monoisotopic (exact) mass is 299 g/mol. The molecule has 0 aromatic rings. The van der Waals surface area contributed by atoms with Gasteiger partial charge in [-0.2, -0.15) is 0 Å². The number of hydrogen-bond donors (Lipinski definition) is 0. The fraction of sp³-hybridized carbons (Fsp3) is 1.00. The summed E-state index contributed by atoms with van der Waals surface area (Å²) in [5.41, 5.74) is 0.138. The highest BCUT2D eigenvalue weighted by atomic mass is 29.3. The van der Waals surface area contributed by atoms with Gasteiger partial charge in [0.2, 0.25) is 0 Å². The smallest absolute Gasteiger partial charge is 0.174 e. The molecule has 0 spiro atoms. The third-order valence-corrected chi connectivity index (χ3v) is 22.4. The summed E-state index contributed by atoms with van der Waals surface area (Å²) in [4.78, 5) is 2.66. The van der Waals surface area contributed by atoms with E-state index >= 15 is 0 Å². The van der Waals surface area contributed by atoms with Crippen molar-refractivity contribution in [1.82, 2.24) is 4.90 Å². The van der Waals surface area contributed by atoms with Crippen LogP contribution in [0.1, 0.15) is 33.1 Å². The standard InChI is InChI=1S/C15H33NOSi2/c1-14-7-10-16(11-8-14)13-15(2)9-12-18(3,4)19(5,6)17-15/h14H,7-13H2,1-6H3. The van der Waals surface area contributed by atoms with Gasteiger partial charge in [0.25, 0.3) is 0 Å². The average molecular weight is 300 g/mol. The molecule has 19 heavy (non-hydrogen) atoms. The third kappa shape index (κ3) is 3.52. The van der Waals surface area contributed by atoms with Crippen molar-refractivity contribution in [2.24, 2.45) is 5.92 Å². The van der Waals surface area contributed by atoms with Crippen LogP contribution in [0.4, 0.5) is 0 Å². The first-order valence-corrected chi connectivity index (χ1v) is 15.2. The van der Waals surface area contributed by atoms with Crippen LogP contribution >= 0.6 is 0 Å². The molecule has 2 aliphatic heterocycles. The molecule has 4 heteroatoms. The van der Waals surface area contributed by atoms with Crippen molar-refractivity contribution in [3.8, 4) is 0 Å². The molecule has 2 saturated heterocycles. The SMILES string of the molecule is CC1CCN(CC2(C)CC[Si](C)(C)[Si](C)(C)O2)CC1. The zero-order valence-electron chi connectivity index (χ0n) is 13.9. The first-order chi connectivity index (χ1) is 8.64. The van der Waals surface area contributed by atoms with Gasteiger partial charge in [-0.3, -0.25) is 0 Å². The van der Waals surface area contributed by atoms with Crippen molar-refractivity contribution in [2.45, 2.75) is 70.9 Å². The minimum atomic E-state index is -1.44. The first kappa shape index (κ1) is 15.7. The van der Waals surface area contributed by atoms with Gasteiger partial charge in [0.1, 0.15) is 0 Å². The number of nitrogens with zero attached hydrogens (tertiary/aromatic N) is 1. The Hall–Kier alpha value is 0.354. The summed E-state index contributed by atoms with van der Waals surface area (Å²) >= 11 is 0. The van der Waals surface area contributed by atoms with Crippen LogP contribution in [0.2, 0.25) is 32.2 Å². The van der Waals surface area contributed by atoms with Gasteiger partial charge in [-0.15, -0.1) is 0 Å². The van der Waals surface area contributed by atoms with E-state index < -0.39 is 15.4 Å². The largest absolute Gasteiger partial charge is 0.414 e. The van der Waals surface area contributed by atoms with Gasteiger partial charge in [-0.1, -0.05) is 26.1 Å². The van der Waals surface area contributed by atoms with Crippen LogP contribution in [-0.2, 0) is 4.43 Å². The number of likely N-dealkylation sites (tertiary alicyclic amines) is 1. The summed E-state index contributed by atoms with van der Waals surface area (Å²) in [5.74, 6) is 0.925. The van der Waals surface area contributed by atoms with Crippen LogP contribution in [0.25, 0.3) is 0 Å². The number of piperidine rings is 1. The number of hydrogen-bond acceptors (Lipinski definition) is 2. The van der Waals surface area contributed by atoms with Crippen molar-refractivity contribution in [2.75, 3.05) is 19.6 Å². The molecule has 0 aromatic carbocycles.